The Bertz CT molecular complexity index is 440. The minimum Gasteiger partial charge on any atom is -0.396 e. The van der Waals surface area contributed by atoms with Crippen LogP contribution >= 0.6 is 0 Å². The Labute approximate surface area is 123 Å². The Hall–Kier alpha value is -0.860. The smallest absolute Gasteiger partial charge is 0.0499 e. The van der Waals surface area contributed by atoms with Crippen LogP contribution in [0.2, 0.25) is 0 Å². The van der Waals surface area contributed by atoms with Gasteiger partial charge in [-0.05, 0) is 35.8 Å². The average molecular weight is 275 g/mol. The highest BCUT2D eigenvalue weighted by molar-refractivity contribution is 5.37. The molecule has 0 saturated carbocycles. The molecule has 0 amide bonds. The molecule has 20 heavy (non-hydrogen) atoms. The van der Waals surface area contributed by atoms with E-state index in [1.807, 2.05) is 0 Å². The normalized spacial score (nSPS) is 20.9. The fraction of sp³-hybridized carbons (Fsp3) is 0.667. The topological polar surface area (TPSA) is 32.3 Å². The fourth-order valence-corrected chi connectivity index (χ4v) is 3.48. The molecular weight excluding hydrogens is 246 g/mol. The maximum absolute atomic E-state index is 9.74. The highest BCUT2D eigenvalue weighted by Crippen LogP contribution is 2.45. The fourth-order valence-electron chi connectivity index (χ4n) is 3.48. The molecule has 0 bridgehead atoms. The van der Waals surface area contributed by atoms with Gasteiger partial charge in [0.1, 0.15) is 0 Å². The van der Waals surface area contributed by atoms with Crippen LogP contribution in [-0.2, 0) is 6.42 Å². The molecular formula is C18H29NO. The van der Waals surface area contributed by atoms with E-state index in [4.69, 9.17) is 0 Å². The van der Waals surface area contributed by atoms with Crippen LogP contribution in [0.1, 0.15) is 57.7 Å². The van der Waals surface area contributed by atoms with Gasteiger partial charge in [0, 0.05) is 24.6 Å². The molecule has 0 spiro atoms. The van der Waals surface area contributed by atoms with Crippen LogP contribution in [-0.4, -0.2) is 18.3 Å². The lowest BCUT2D eigenvalue weighted by Gasteiger charge is -2.35. The van der Waals surface area contributed by atoms with Crippen molar-refractivity contribution < 1.29 is 5.11 Å². The molecule has 0 radical (unpaired) electrons. The van der Waals surface area contributed by atoms with Crippen LogP contribution in [0.3, 0.4) is 0 Å². The summed E-state index contributed by atoms with van der Waals surface area (Å²) in [5, 5.41) is 13.5. The maximum atomic E-state index is 9.74. The Morgan fingerprint density at radius 2 is 1.90 bits per heavy atom. The minimum absolute atomic E-state index is 0.0214. The van der Waals surface area contributed by atoms with Crippen molar-refractivity contribution >= 4 is 0 Å². The summed E-state index contributed by atoms with van der Waals surface area (Å²) in [5.74, 6) is 0. The van der Waals surface area contributed by atoms with Gasteiger partial charge in [0.25, 0.3) is 0 Å². The van der Waals surface area contributed by atoms with Crippen molar-refractivity contribution in [2.24, 2.45) is 10.8 Å². The van der Waals surface area contributed by atoms with Gasteiger partial charge in [0.05, 0.1) is 0 Å². The molecule has 0 saturated heterocycles. The van der Waals surface area contributed by atoms with Crippen LogP contribution in [0.4, 0.5) is 0 Å². The Kier molecular flexibility index (Phi) is 4.55. The summed E-state index contributed by atoms with van der Waals surface area (Å²) >= 11 is 0. The first kappa shape index (κ1) is 15.5. The van der Waals surface area contributed by atoms with Crippen LogP contribution in [0.25, 0.3) is 0 Å². The molecule has 0 aliphatic heterocycles. The van der Waals surface area contributed by atoms with E-state index in [0.29, 0.717) is 6.04 Å². The van der Waals surface area contributed by atoms with Gasteiger partial charge < -0.3 is 10.4 Å². The molecule has 1 aromatic carbocycles. The van der Waals surface area contributed by atoms with E-state index in [-0.39, 0.29) is 17.4 Å². The lowest BCUT2D eigenvalue weighted by molar-refractivity contribution is 0.102. The number of aliphatic hydroxyl groups excluding tert-OH is 1. The van der Waals surface area contributed by atoms with Crippen molar-refractivity contribution in [2.75, 3.05) is 13.2 Å². The van der Waals surface area contributed by atoms with Crippen molar-refractivity contribution in [3.8, 4) is 0 Å². The number of nitrogens with one attached hydrogen (secondary N) is 1. The maximum Gasteiger partial charge on any atom is 0.0499 e. The molecule has 1 atom stereocenters. The molecule has 1 unspecified atom stereocenters. The molecule has 2 nitrogen and oxygen atoms in total. The molecule has 1 aromatic rings. The van der Waals surface area contributed by atoms with E-state index < -0.39 is 0 Å². The molecule has 0 heterocycles. The summed E-state index contributed by atoms with van der Waals surface area (Å²) in [6.07, 6.45) is 3.16. The summed E-state index contributed by atoms with van der Waals surface area (Å²) in [6, 6.07) is 9.15. The SMILES string of the molecule is CCC(CC)(CO)CNC1c2ccccc2CC1(C)C. The second kappa shape index (κ2) is 5.87. The van der Waals surface area contributed by atoms with E-state index >= 15 is 0 Å². The summed E-state index contributed by atoms with van der Waals surface area (Å²) in [6.45, 7) is 10.2. The summed E-state index contributed by atoms with van der Waals surface area (Å²) in [5.41, 5.74) is 3.18. The third kappa shape index (κ3) is 2.77. The number of hydrogen-bond donors (Lipinski definition) is 2. The summed E-state index contributed by atoms with van der Waals surface area (Å²) in [7, 11) is 0. The van der Waals surface area contributed by atoms with Crippen LogP contribution < -0.4 is 5.32 Å². The predicted molar refractivity (Wildman–Crippen MR) is 84.8 cm³/mol. The highest BCUT2D eigenvalue weighted by atomic mass is 16.3. The number of rotatable bonds is 6. The largest absolute Gasteiger partial charge is 0.396 e. The standard InChI is InChI=1S/C18H29NO/c1-5-18(6-2,13-20)12-19-16-15-10-8-7-9-14(15)11-17(16,3)4/h7-10,16,19-20H,5-6,11-13H2,1-4H3. The van der Waals surface area contributed by atoms with Gasteiger partial charge in [0.15, 0.2) is 0 Å². The predicted octanol–water partition coefficient (Wildman–Crippen LogP) is 3.70. The quantitative estimate of drug-likeness (QED) is 0.829. The molecule has 2 heteroatoms. The van der Waals surface area contributed by atoms with Gasteiger partial charge in [-0.25, -0.2) is 0 Å². The number of benzene rings is 1. The van der Waals surface area contributed by atoms with Crippen molar-refractivity contribution in [3.05, 3.63) is 35.4 Å². The van der Waals surface area contributed by atoms with Gasteiger partial charge in [-0.15, -0.1) is 0 Å². The van der Waals surface area contributed by atoms with Gasteiger partial charge in [-0.1, -0.05) is 52.0 Å². The molecule has 0 fully saturated rings. The highest BCUT2D eigenvalue weighted by Gasteiger charge is 2.39. The zero-order valence-electron chi connectivity index (χ0n) is 13.4. The summed E-state index contributed by atoms with van der Waals surface area (Å²) in [4.78, 5) is 0. The van der Waals surface area contributed by atoms with Gasteiger partial charge in [-0.3, -0.25) is 0 Å². The van der Waals surface area contributed by atoms with E-state index in [1.54, 1.807) is 0 Å². The second-order valence-electron chi connectivity index (χ2n) is 7.04. The zero-order valence-corrected chi connectivity index (χ0v) is 13.4. The van der Waals surface area contributed by atoms with Crippen LogP contribution in [0.5, 0.6) is 0 Å². The van der Waals surface area contributed by atoms with Crippen molar-refractivity contribution in [1.29, 1.82) is 0 Å². The molecule has 1 aliphatic rings. The van der Waals surface area contributed by atoms with E-state index in [1.165, 1.54) is 11.1 Å². The second-order valence-corrected chi connectivity index (χ2v) is 7.04. The van der Waals surface area contributed by atoms with Gasteiger partial charge in [0.2, 0.25) is 0 Å². The van der Waals surface area contributed by atoms with Crippen LogP contribution in [0.15, 0.2) is 24.3 Å². The third-order valence-corrected chi connectivity index (χ3v) is 5.31. The van der Waals surface area contributed by atoms with Crippen molar-refractivity contribution in [2.45, 2.75) is 53.0 Å². The van der Waals surface area contributed by atoms with Gasteiger partial charge >= 0.3 is 0 Å². The Balaban J connectivity index is 2.16. The Morgan fingerprint density at radius 3 is 2.50 bits per heavy atom. The number of hydrogen-bond acceptors (Lipinski definition) is 2. The van der Waals surface area contributed by atoms with Crippen LogP contribution in [0, 0.1) is 10.8 Å². The van der Waals surface area contributed by atoms with E-state index in [0.717, 1.165) is 25.8 Å². The third-order valence-electron chi connectivity index (χ3n) is 5.31. The lowest BCUT2D eigenvalue weighted by Crippen LogP contribution is -2.41. The lowest BCUT2D eigenvalue weighted by atomic mass is 9.81. The first-order valence-electron chi connectivity index (χ1n) is 7.90. The molecule has 0 aromatic heterocycles. The van der Waals surface area contributed by atoms with E-state index in [9.17, 15) is 5.11 Å². The first-order valence-corrected chi connectivity index (χ1v) is 7.90. The first-order chi connectivity index (χ1) is 9.48. The monoisotopic (exact) mass is 275 g/mol. The Morgan fingerprint density at radius 1 is 1.25 bits per heavy atom. The molecule has 1 aliphatic carbocycles. The molecule has 112 valence electrons. The van der Waals surface area contributed by atoms with Crippen molar-refractivity contribution in [1.82, 2.24) is 5.32 Å². The number of fused-ring (bicyclic) bond motifs is 1. The van der Waals surface area contributed by atoms with E-state index in [2.05, 4.69) is 57.3 Å². The zero-order chi connectivity index (χ0) is 14.8. The molecule has 2 N–H and O–H groups in total. The molecule has 2 rings (SSSR count). The number of aliphatic hydroxyl groups is 1. The average Bonchev–Trinajstić information content (AvgIpc) is 2.71. The summed E-state index contributed by atoms with van der Waals surface area (Å²) < 4.78 is 0. The minimum atomic E-state index is 0.0214. The van der Waals surface area contributed by atoms with Crippen molar-refractivity contribution in [3.63, 3.8) is 0 Å². The van der Waals surface area contributed by atoms with Gasteiger partial charge in [-0.2, -0.15) is 0 Å².